The predicted molar refractivity (Wildman–Crippen MR) is 69.6 cm³/mol. The number of amidine groups is 1. The van der Waals surface area contributed by atoms with E-state index in [0.717, 1.165) is 0 Å². The second kappa shape index (κ2) is 6.48. The molecule has 7 nitrogen and oxygen atoms in total. The first-order valence-corrected chi connectivity index (χ1v) is 5.58. The van der Waals surface area contributed by atoms with Crippen molar-refractivity contribution >= 4 is 11.7 Å². The molecule has 0 fully saturated rings. The Morgan fingerprint density at radius 2 is 2.21 bits per heavy atom. The minimum absolute atomic E-state index is 0.0530. The molecule has 1 rings (SSSR count). The summed E-state index contributed by atoms with van der Waals surface area (Å²) in [5.74, 6) is -0.0185. The molecule has 0 unspecified atom stereocenters. The van der Waals surface area contributed by atoms with Crippen molar-refractivity contribution in [2.24, 2.45) is 10.9 Å². The molecule has 0 spiro atoms. The molecule has 7 heteroatoms. The van der Waals surface area contributed by atoms with Crippen LogP contribution in [-0.4, -0.2) is 47.7 Å². The fourth-order valence-corrected chi connectivity index (χ4v) is 1.48. The number of ether oxygens (including phenoxy) is 1. The van der Waals surface area contributed by atoms with Crippen LogP contribution in [0.4, 0.5) is 0 Å². The number of carbonyl (C=O) groups excluding carboxylic acids is 1. The first kappa shape index (κ1) is 14.6. The van der Waals surface area contributed by atoms with Gasteiger partial charge in [-0.1, -0.05) is 5.16 Å². The fraction of sp³-hybridized carbons (Fsp3) is 0.333. The normalized spacial score (nSPS) is 11.2. The summed E-state index contributed by atoms with van der Waals surface area (Å²) >= 11 is 0. The lowest BCUT2D eigenvalue weighted by Crippen LogP contribution is -2.30. The van der Waals surface area contributed by atoms with E-state index in [1.807, 2.05) is 0 Å². The number of rotatable bonds is 5. The SMILES string of the molecule is COc1ccc(C(=O)N(C)CCC(N)=NO)cc1O. The Morgan fingerprint density at radius 3 is 2.74 bits per heavy atom. The van der Waals surface area contributed by atoms with Crippen LogP contribution in [0.5, 0.6) is 11.5 Å². The van der Waals surface area contributed by atoms with Gasteiger partial charge in [-0.05, 0) is 18.2 Å². The van der Waals surface area contributed by atoms with Crippen LogP contribution in [0.25, 0.3) is 0 Å². The van der Waals surface area contributed by atoms with Crippen LogP contribution in [0.1, 0.15) is 16.8 Å². The second-order valence-corrected chi connectivity index (χ2v) is 3.95. The minimum Gasteiger partial charge on any atom is -0.504 e. The third kappa shape index (κ3) is 3.77. The van der Waals surface area contributed by atoms with Crippen molar-refractivity contribution in [3.05, 3.63) is 23.8 Å². The number of nitrogens with two attached hydrogens (primary N) is 1. The number of nitrogens with zero attached hydrogens (tertiary/aromatic N) is 2. The molecule has 104 valence electrons. The van der Waals surface area contributed by atoms with E-state index in [-0.39, 0.29) is 23.9 Å². The monoisotopic (exact) mass is 267 g/mol. The topological polar surface area (TPSA) is 108 Å². The zero-order valence-corrected chi connectivity index (χ0v) is 10.8. The van der Waals surface area contributed by atoms with Crippen LogP contribution in [0.3, 0.4) is 0 Å². The molecule has 0 aromatic heterocycles. The molecule has 19 heavy (non-hydrogen) atoms. The average Bonchev–Trinajstić information content (AvgIpc) is 2.43. The highest BCUT2D eigenvalue weighted by Gasteiger charge is 2.14. The molecule has 1 amide bonds. The van der Waals surface area contributed by atoms with Gasteiger partial charge in [-0.15, -0.1) is 0 Å². The van der Waals surface area contributed by atoms with E-state index in [0.29, 0.717) is 17.9 Å². The summed E-state index contributed by atoms with van der Waals surface area (Å²) in [5.41, 5.74) is 5.66. The molecule has 0 atom stereocenters. The van der Waals surface area contributed by atoms with Gasteiger partial charge in [0, 0.05) is 25.6 Å². The Hall–Kier alpha value is -2.44. The van der Waals surface area contributed by atoms with E-state index >= 15 is 0 Å². The molecule has 0 saturated heterocycles. The highest BCUT2D eigenvalue weighted by molar-refractivity contribution is 5.95. The van der Waals surface area contributed by atoms with Gasteiger partial charge in [0.25, 0.3) is 5.91 Å². The predicted octanol–water partition coefficient (Wildman–Crippen LogP) is 0.609. The molecule has 0 heterocycles. The third-order valence-electron chi connectivity index (χ3n) is 2.60. The number of carbonyl (C=O) groups is 1. The summed E-state index contributed by atoms with van der Waals surface area (Å²) < 4.78 is 4.90. The number of amides is 1. The van der Waals surface area contributed by atoms with E-state index in [1.54, 1.807) is 13.1 Å². The van der Waals surface area contributed by atoms with Crippen molar-refractivity contribution in [2.45, 2.75) is 6.42 Å². The largest absolute Gasteiger partial charge is 0.504 e. The molecule has 0 aliphatic heterocycles. The highest BCUT2D eigenvalue weighted by Crippen LogP contribution is 2.26. The van der Waals surface area contributed by atoms with Crippen molar-refractivity contribution < 1.29 is 19.8 Å². The highest BCUT2D eigenvalue weighted by atomic mass is 16.5. The van der Waals surface area contributed by atoms with Gasteiger partial charge in [-0.3, -0.25) is 4.79 Å². The smallest absolute Gasteiger partial charge is 0.253 e. The maximum Gasteiger partial charge on any atom is 0.253 e. The number of hydrogen-bond acceptors (Lipinski definition) is 5. The summed E-state index contributed by atoms with van der Waals surface area (Å²) in [6.07, 6.45) is 0.265. The van der Waals surface area contributed by atoms with Gasteiger partial charge in [0.2, 0.25) is 0 Å². The molecule has 1 aromatic carbocycles. The quantitative estimate of drug-likeness (QED) is 0.313. The summed E-state index contributed by atoms with van der Waals surface area (Å²) in [6, 6.07) is 4.40. The first-order valence-electron chi connectivity index (χ1n) is 5.58. The van der Waals surface area contributed by atoms with Crippen LogP contribution in [0, 0.1) is 0 Å². The van der Waals surface area contributed by atoms with Crippen LogP contribution in [0.2, 0.25) is 0 Å². The minimum atomic E-state index is -0.274. The van der Waals surface area contributed by atoms with E-state index in [9.17, 15) is 9.90 Å². The number of oxime groups is 1. The van der Waals surface area contributed by atoms with Crippen molar-refractivity contribution in [1.29, 1.82) is 0 Å². The lowest BCUT2D eigenvalue weighted by molar-refractivity contribution is 0.0798. The fourth-order valence-electron chi connectivity index (χ4n) is 1.48. The van der Waals surface area contributed by atoms with Gasteiger partial charge in [0.15, 0.2) is 11.5 Å². The van der Waals surface area contributed by atoms with Gasteiger partial charge in [-0.25, -0.2) is 0 Å². The number of phenolic OH excluding ortho intramolecular Hbond substituents is 1. The van der Waals surface area contributed by atoms with Crippen molar-refractivity contribution in [3.63, 3.8) is 0 Å². The molecule has 0 bridgehead atoms. The van der Waals surface area contributed by atoms with Gasteiger partial charge in [0.1, 0.15) is 5.84 Å². The number of benzene rings is 1. The second-order valence-electron chi connectivity index (χ2n) is 3.95. The third-order valence-corrected chi connectivity index (χ3v) is 2.60. The first-order chi connectivity index (χ1) is 8.99. The molecule has 0 saturated carbocycles. The number of phenols is 1. The Kier molecular flexibility index (Phi) is 4.99. The van der Waals surface area contributed by atoms with Gasteiger partial charge in [-0.2, -0.15) is 0 Å². The van der Waals surface area contributed by atoms with Crippen LogP contribution >= 0.6 is 0 Å². The summed E-state index contributed by atoms with van der Waals surface area (Å²) in [7, 11) is 3.02. The van der Waals surface area contributed by atoms with Crippen molar-refractivity contribution in [3.8, 4) is 11.5 Å². The summed E-state index contributed by atoms with van der Waals surface area (Å²) in [5, 5.41) is 20.8. The number of hydrogen-bond donors (Lipinski definition) is 3. The van der Waals surface area contributed by atoms with E-state index in [4.69, 9.17) is 15.7 Å². The van der Waals surface area contributed by atoms with Gasteiger partial charge < -0.3 is 25.7 Å². The van der Waals surface area contributed by atoms with Crippen LogP contribution < -0.4 is 10.5 Å². The van der Waals surface area contributed by atoms with E-state index in [2.05, 4.69) is 5.16 Å². The molecular formula is C12H17N3O4. The molecule has 0 aliphatic rings. The van der Waals surface area contributed by atoms with Crippen molar-refractivity contribution in [2.75, 3.05) is 20.7 Å². The number of aromatic hydroxyl groups is 1. The molecule has 1 aromatic rings. The van der Waals surface area contributed by atoms with E-state index < -0.39 is 0 Å². The maximum atomic E-state index is 12.0. The molecular weight excluding hydrogens is 250 g/mol. The number of methoxy groups -OCH3 is 1. The Bertz CT molecular complexity index is 488. The van der Waals surface area contributed by atoms with Crippen LogP contribution in [0.15, 0.2) is 23.4 Å². The lowest BCUT2D eigenvalue weighted by atomic mass is 10.1. The summed E-state index contributed by atoms with van der Waals surface area (Å²) in [4.78, 5) is 13.4. The van der Waals surface area contributed by atoms with E-state index in [1.165, 1.54) is 24.1 Å². The molecule has 0 radical (unpaired) electrons. The van der Waals surface area contributed by atoms with Crippen molar-refractivity contribution in [1.82, 2.24) is 4.90 Å². The van der Waals surface area contributed by atoms with Crippen LogP contribution in [-0.2, 0) is 0 Å². The average molecular weight is 267 g/mol. The Balaban J connectivity index is 2.74. The summed E-state index contributed by atoms with van der Waals surface area (Å²) in [6.45, 7) is 0.307. The Morgan fingerprint density at radius 1 is 1.53 bits per heavy atom. The maximum absolute atomic E-state index is 12.0. The van der Waals surface area contributed by atoms with Gasteiger partial charge in [0.05, 0.1) is 7.11 Å². The zero-order chi connectivity index (χ0) is 14.4. The Labute approximate surface area is 110 Å². The lowest BCUT2D eigenvalue weighted by Gasteiger charge is -2.17. The zero-order valence-electron chi connectivity index (χ0n) is 10.8. The molecule has 4 N–H and O–H groups in total. The standard InChI is InChI=1S/C12H17N3O4/c1-15(6-5-11(13)14-18)12(17)8-3-4-10(19-2)9(16)7-8/h3-4,7,16,18H,5-6H2,1-2H3,(H2,13,14). The van der Waals surface area contributed by atoms with Gasteiger partial charge >= 0.3 is 0 Å². The molecule has 0 aliphatic carbocycles.